The highest BCUT2D eigenvalue weighted by molar-refractivity contribution is 7.22. The molecule has 14 heteroatoms. The van der Waals surface area contributed by atoms with Crippen LogP contribution in [0.15, 0.2) is 18.2 Å². The first-order valence-corrected chi connectivity index (χ1v) is 15.6. The number of piperidine rings is 1. The maximum absolute atomic E-state index is 16.6. The van der Waals surface area contributed by atoms with Crippen LogP contribution in [-0.2, 0) is 0 Å². The quantitative estimate of drug-likeness (QED) is 0.255. The van der Waals surface area contributed by atoms with Crippen LogP contribution in [0.25, 0.3) is 32.2 Å². The van der Waals surface area contributed by atoms with Crippen LogP contribution in [0, 0.1) is 11.6 Å². The van der Waals surface area contributed by atoms with Crippen molar-refractivity contribution in [2.24, 2.45) is 0 Å². The summed E-state index contributed by atoms with van der Waals surface area (Å²) >= 11 is 7.73. The summed E-state index contributed by atoms with van der Waals surface area (Å²) < 4.78 is 64.8. The molecule has 2 aromatic carbocycles. The zero-order valence-electron chi connectivity index (χ0n) is 23.3. The van der Waals surface area contributed by atoms with Crippen LogP contribution in [0.3, 0.4) is 0 Å². The van der Waals surface area contributed by atoms with E-state index in [2.05, 4.69) is 20.2 Å². The van der Waals surface area contributed by atoms with Crippen molar-refractivity contribution in [1.82, 2.24) is 25.2 Å². The summed E-state index contributed by atoms with van der Waals surface area (Å²) in [5.74, 6) is -3.35. The predicted molar refractivity (Wildman–Crippen MR) is 160 cm³/mol. The number of alkyl halides is 2. The van der Waals surface area contributed by atoms with Gasteiger partial charge < -0.3 is 20.7 Å². The van der Waals surface area contributed by atoms with Gasteiger partial charge >= 0.3 is 6.01 Å². The highest BCUT2D eigenvalue weighted by Crippen LogP contribution is 2.43. The van der Waals surface area contributed by atoms with E-state index in [-0.39, 0.29) is 75.5 Å². The van der Waals surface area contributed by atoms with Crippen LogP contribution in [0.2, 0.25) is 5.02 Å². The summed E-state index contributed by atoms with van der Waals surface area (Å²) in [6.45, 7) is 4.10. The van der Waals surface area contributed by atoms with Crippen molar-refractivity contribution in [2.45, 2.75) is 56.7 Å². The second kappa shape index (κ2) is 10.9. The molecule has 3 aliphatic rings. The lowest BCUT2D eigenvalue weighted by atomic mass is 10.0. The number of hydrogen-bond donors (Lipinski definition) is 2. The first-order chi connectivity index (χ1) is 20.5. The fourth-order valence-electron chi connectivity index (χ4n) is 6.51. The highest BCUT2D eigenvalue weighted by Gasteiger charge is 2.36. The van der Waals surface area contributed by atoms with Crippen LogP contribution in [-0.4, -0.2) is 76.7 Å². The molecule has 2 bridgehead atoms. The van der Waals surface area contributed by atoms with E-state index in [1.165, 1.54) is 12.1 Å². The zero-order chi connectivity index (χ0) is 30.0. The average Bonchev–Trinajstić information content (AvgIpc) is 3.52. The Morgan fingerprint density at radius 1 is 1.12 bits per heavy atom. The third-order valence-corrected chi connectivity index (χ3v) is 9.74. The number of fused-ring (bicyclic) bond motifs is 4. The van der Waals surface area contributed by atoms with Crippen LogP contribution in [0.5, 0.6) is 6.01 Å². The summed E-state index contributed by atoms with van der Waals surface area (Å²) in [5, 5.41) is 4.28. The Morgan fingerprint density at radius 2 is 1.84 bits per heavy atom. The number of nitrogen functional groups attached to an aromatic ring is 1. The van der Waals surface area contributed by atoms with E-state index < -0.39 is 23.7 Å². The first-order valence-electron chi connectivity index (χ1n) is 14.4. The number of anilines is 2. The SMILES string of the molecule is CC(CN1CCC(F)(F)CC1)Oc1nc(N2CC3CCC(C2)N3)c2cc(Cl)c(-c3ccc(F)c4sc(N)nc34)c(F)c2n1. The van der Waals surface area contributed by atoms with Gasteiger partial charge in [-0.3, -0.25) is 4.90 Å². The Hall–Kier alpha value is -3.00. The van der Waals surface area contributed by atoms with Crippen LogP contribution < -0.4 is 20.7 Å². The Bertz CT molecular complexity index is 1700. The standard InChI is InChI=1S/C29H30ClF4N7OS/c1-14(11-40-8-6-29(33,34)7-9-40)42-28-38-23-18(26(39-28)41-12-15-2-3-16(13-41)36-15)10-19(30)21(22(23)32)17-4-5-20(31)25-24(17)37-27(35)43-25/h4-5,10,14-16,36H,2-3,6-9,11-13H2,1H3,(H2,35,37). The number of hydrogen-bond acceptors (Lipinski definition) is 9. The third-order valence-electron chi connectivity index (χ3n) is 8.55. The summed E-state index contributed by atoms with van der Waals surface area (Å²) in [4.78, 5) is 17.5. The fraction of sp³-hybridized carbons (Fsp3) is 0.483. The van der Waals surface area contributed by atoms with Crippen molar-refractivity contribution in [2.75, 3.05) is 43.4 Å². The van der Waals surface area contributed by atoms with Crippen molar-refractivity contribution >= 4 is 55.0 Å². The summed E-state index contributed by atoms with van der Waals surface area (Å²) in [7, 11) is 0. The number of piperazine rings is 1. The average molecular weight is 636 g/mol. The molecule has 7 rings (SSSR count). The molecule has 4 aromatic rings. The molecule has 3 fully saturated rings. The van der Waals surface area contributed by atoms with Gasteiger partial charge in [-0.1, -0.05) is 22.9 Å². The first kappa shape index (κ1) is 28.8. The van der Waals surface area contributed by atoms with Crippen molar-refractivity contribution in [3.63, 3.8) is 0 Å². The van der Waals surface area contributed by atoms with Crippen molar-refractivity contribution in [1.29, 1.82) is 0 Å². The highest BCUT2D eigenvalue weighted by atomic mass is 35.5. The minimum absolute atomic E-state index is 0.00997. The van der Waals surface area contributed by atoms with Gasteiger partial charge in [-0.25, -0.2) is 22.5 Å². The van der Waals surface area contributed by atoms with Crippen molar-refractivity contribution in [3.8, 4) is 17.1 Å². The van der Waals surface area contributed by atoms with Crippen LogP contribution >= 0.6 is 22.9 Å². The Morgan fingerprint density at radius 3 is 2.56 bits per heavy atom. The molecular formula is C29H30ClF4N7OS. The number of likely N-dealkylation sites (tertiary alicyclic amines) is 1. The van der Waals surface area contributed by atoms with Crippen molar-refractivity contribution in [3.05, 3.63) is 34.9 Å². The number of nitrogens with two attached hydrogens (primary N) is 1. The minimum Gasteiger partial charge on any atom is -0.459 e. The van der Waals surface area contributed by atoms with E-state index in [9.17, 15) is 13.2 Å². The van der Waals surface area contributed by atoms with Crippen molar-refractivity contribution < 1.29 is 22.3 Å². The molecule has 3 N–H and O–H groups in total. The van der Waals surface area contributed by atoms with Gasteiger partial charge in [-0.15, -0.1) is 0 Å². The predicted octanol–water partition coefficient (Wildman–Crippen LogP) is 5.86. The topological polar surface area (TPSA) is 92.4 Å². The van der Waals surface area contributed by atoms with Crippen LogP contribution in [0.1, 0.15) is 32.6 Å². The molecule has 2 aromatic heterocycles. The summed E-state index contributed by atoms with van der Waals surface area (Å²) in [6.07, 6.45) is 1.24. The molecule has 228 valence electrons. The lowest BCUT2D eigenvalue weighted by molar-refractivity contribution is -0.0595. The molecule has 0 aliphatic carbocycles. The molecule has 3 aliphatic heterocycles. The number of benzene rings is 2. The number of nitrogens with zero attached hydrogens (tertiary/aromatic N) is 5. The van der Waals surface area contributed by atoms with Gasteiger partial charge in [0.25, 0.3) is 5.92 Å². The maximum atomic E-state index is 16.6. The van der Waals surface area contributed by atoms with E-state index in [0.717, 1.165) is 24.2 Å². The Kier molecular flexibility index (Phi) is 7.26. The molecule has 3 unspecified atom stereocenters. The van der Waals surface area contributed by atoms with E-state index in [1.807, 2.05) is 11.8 Å². The Balaban J connectivity index is 1.30. The minimum atomic E-state index is -2.64. The summed E-state index contributed by atoms with van der Waals surface area (Å²) in [6, 6.07) is 4.87. The molecule has 0 saturated carbocycles. The molecule has 43 heavy (non-hydrogen) atoms. The number of ether oxygens (including phenoxy) is 1. The monoisotopic (exact) mass is 635 g/mol. The Labute approximate surface area is 254 Å². The second-order valence-corrected chi connectivity index (χ2v) is 13.2. The maximum Gasteiger partial charge on any atom is 0.319 e. The summed E-state index contributed by atoms with van der Waals surface area (Å²) in [5.41, 5.74) is 6.43. The molecule has 0 spiro atoms. The second-order valence-electron chi connectivity index (χ2n) is 11.7. The fourth-order valence-corrected chi connectivity index (χ4v) is 7.57. The van der Waals surface area contributed by atoms with Gasteiger partial charge in [0.15, 0.2) is 10.9 Å². The van der Waals surface area contributed by atoms with Gasteiger partial charge in [0.2, 0.25) is 0 Å². The normalized spacial score (nSPS) is 22.9. The van der Waals surface area contributed by atoms with E-state index in [1.54, 1.807) is 6.07 Å². The van der Waals surface area contributed by atoms with Gasteiger partial charge in [0, 0.05) is 74.2 Å². The van der Waals surface area contributed by atoms with E-state index >= 15 is 4.39 Å². The number of halogens is 5. The lowest BCUT2D eigenvalue weighted by Gasteiger charge is -2.35. The number of aromatic nitrogens is 3. The van der Waals surface area contributed by atoms with Gasteiger partial charge in [0.1, 0.15) is 23.3 Å². The van der Waals surface area contributed by atoms with Gasteiger partial charge in [-0.2, -0.15) is 9.97 Å². The van der Waals surface area contributed by atoms with Gasteiger partial charge in [0.05, 0.1) is 15.2 Å². The zero-order valence-corrected chi connectivity index (χ0v) is 24.9. The molecule has 8 nitrogen and oxygen atoms in total. The number of thiazole rings is 1. The molecule has 3 atom stereocenters. The van der Waals surface area contributed by atoms with E-state index in [4.69, 9.17) is 27.1 Å². The molecule has 3 saturated heterocycles. The largest absolute Gasteiger partial charge is 0.459 e. The smallest absolute Gasteiger partial charge is 0.319 e. The molecule has 0 amide bonds. The van der Waals surface area contributed by atoms with Gasteiger partial charge in [-0.05, 0) is 38.0 Å². The number of nitrogens with one attached hydrogen (secondary N) is 1. The third kappa shape index (κ3) is 5.45. The van der Waals surface area contributed by atoms with Crippen LogP contribution in [0.4, 0.5) is 28.5 Å². The van der Waals surface area contributed by atoms with E-state index in [0.29, 0.717) is 36.4 Å². The lowest BCUT2D eigenvalue weighted by Crippen LogP contribution is -2.51. The molecular weight excluding hydrogens is 606 g/mol. The number of rotatable bonds is 6. The molecule has 0 radical (unpaired) electrons. The molecule has 5 heterocycles.